The first kappa shape index (κ1) is 16.3. The van der Waals surface area contributed by atoms with E-state index < -0.39 is 0 Å². The molecule has 0 aliphatic carbocycles. The molecule has 1 saturated heterocycles. The molecule has 2 aliphatic rings. The van der Waals surface area contributed by atoms with Crippen LogP contribution in [0.3, 0.4) is 0 Å². The maximum absolute atomic E-state index is 12.8. The Morgan fingerprint density at radius 1 is 1.32 bits per heavy atom. The topological polar surface area (TPSA) is 97.1 Å². The van der Waals surface area contributed by atoms with E-state index >= 15 is 0 Å². The van der Waals surface area contributed by atoms with E-state index in [0.29, 0.717) is 37.9 Å². The van der Waals surface area contributed by atoms with Gasteiger partial charge in [0, 0.05) is 42.6 Å². The van der Waals surface area contributed by atoms with Gasteiger partial charge in [0.1, 0.15) is 0 Å². The Bertz CT molecular complexity index is 758. The van der Waals surface area contributed by atoms with Crippen molar-refractivity contribution in [2.75, 3.05) is 19.7 Å². The normalized spacial score (nSPS) is 18.6. The minimum Gasteiger partial charge on any atom is -0.376 e. The summed E-state index contributed by atoms with van der Waals surface area (Å²) in [7, 11) is 0. The Hall–Kier alpha value is -2.22. The summed E-state index contributed by atoms with van der Waals surface area (Å²) in [6, 6.07) is 0. The number of carbonyl (C=O) groups is 1. The van der Waals surface area contributed by atoms with Gasteiger partial charge < -0.3 is 14.2 Å². The summed E-state index contributed by atoms with van der Waals surface area (Å²) in [6.45, 7) is 6.57. The first-order valence-corrected chi connectivity index (χ1v) is 8.90. The van der Waals surface area contributed by atoms with Gasteiger partial charge in [0.25, 0.3) is 5.91 Å². The summed E-state index contributed by atoms with van der Waals surface area (Å²) in [5.74, 6) is 1.90. The molecule has 0 unspecified atom stereocenters. The van der Waals surface area contributed by atoms with Crippen LogP contribution in [0.25, 0.3) is 0 Å². The predicted octanol–water partition coefficient (Wildman–Crippen LogP) is 2.01. The van der Waals surface area contributed by atoms with Crippen LogP contribution in [0.5, 0.6) is 0 Å². The Morgan fingerprint density at radius 2 is 2.12 bits per heavy atom. The lowest BCUT2D eigenvalue weighted by Crippen LogP contribution is -2.38. The van der Waals surface area contributed by atoms with Crippen molar-refractivity contribution in [1.82, 2.24) is 25.2 Å². The van der Waals surface area contributed by atoms with Crippen molar-refractivity contribution < 1.29 is 14.1 Å². The fourth-order valence-corrected chi connectivity index (χ4v) is 3.42. The first-order chi connectivity index (χ1) is 12.1. The lowest BCUT2D eigenvalue weighted by Gasteiger charge is -2.30. The number of ether oxygens (including phenoxy) is 1. The molecule has 25 heavy (non-hydrogen) atoms. The maximum atomic E-state index is 12.8. The standard InChI is InChI=1S/C17H23N5O3/c1-10(2)15-18-16(25-21-15)11-3-6-22(7-4-11)17(23)14-12-9-24-8-5-13(12)19-20-14/h10-11H,3-9H2,1-2H3,(H,19,20). The highest BCUT2D eigenvalue weighted by Crippen LogP contribution is 2.29. The molecule has 0 aromatic carbocycles. The second-order valence-electron chi connectivity index (χ2n) is 7.04. The molecule has 0 bridgehead atoms. The molecule has 0 spiro atoms. The van der Waals surface area contributed by atoms with Gasteiger partial charge in [-0.15, -0.1) is 0 Å². The van der Waals surface area contributed by atoms with Gasteiger partial charge in [-0.1, -0.05) is 19.0 Å². The van der Waals surface area contributed by atoms with E-state index in [1.165, 1.54) is 0 Å². The zero-order valence-corrected chi connectivity index (χ0v) is 14.6. The number of rotatable bonds is 3. The number of amides is 1. The lowest BCUT2D eigenvalue weighted by molar-refractivity contribution is 0.0686. The number of fused-ring (bicyclic) bond motifs is 1. The van der Waals surface area contributed by atoms with Crippen LogP contribution in [-0.4, -0.2) is 50.8 Å². The quantitative estimate of drug-likeness (QED) is 0.914. The number of nitrogens with one attached hydrogen (secondary N) is 1. The molecule has 2 aliphatic heterocycles. The van der Waals surface area contributed by atoms with Crippen molar-refractivity contribution in [3.63, 3.8) is 0 Å². The van der Waals surface area contributed by atoms with Crippen LogP contribution in [0.2, 0.25) is 0 Å². The largest absolute Gasteiger partial charge is 0.376 e. The molecule has 1 fully saturated rings. The third-order valence-corrected chi connectivity index (χ3v) is 5.00. The number of hydrogen-bond donors (Lipinski definition) is 1. The number of aromatic nitrogens is 4. The number of H-pyrrole nitrogens is 1. The number of aromatic amines is 1. The average Bonchev–Trinajstić information content (AvgIpc) is 3.29. The molecule has 0 radical (unpaired) electrons. The van der Waals surface area contributed by atoms with Crippen molar-refractivity contribution >= 4 is 5.91 Å². The Labute approximate surface area is 145 Å². The monoisotopic (exact) mass is 345 g/mol. The SMILES string of the molecule is CC(C)c1noc(C2CCN(C(=O)c3n[nH]c4c3COCC4)CC2)n1. The summed E-state index contributed by atoms with van der Waals surface area (Å²) in [5, 5.41) is 11.3. The van der Waals surface area contributed by atoms with Gasteiger partial charge in [-0.3, -0.25) is 9.89 Å². The summed E-state index contributed by atoms with van der Waals surface area (Å²) in [5.41, 5.74) is 2.45. The van der Waals surface area contributed by atoms with E-state index in [9.17, 15) is 4.79 Å². The van der Waals surface area contributed by atoms with Crippen molar-refractivity contribution in [1.29, 1.82) is 0 Å². The molecule has 1 N–H and O–H groups in total. The number of likely N-dealkylation sites (tertiary alicyclic amines) is 1. The smallest absolute Gasteiger partial charge is 0.274 e. The minimum atomic E-state index is -0.0187. The fourth-order valence-electron chi connectivity index (χ4n) is 3.42. The molecular weight excluding hydrogens is 322 g/mol. The van der Waals surface area contributed by atoms with E-state index in [-0.39, 0.29) is 17.7 Å². The highest BCUT2D eigenvalue weighted by molar-refractivity contribution is 5.94. The van der Waals surface area contributed by atoms with Gasteiger partial charge in [-0.05, 0) is 12.8 Å². The van der Waals surface area contributed by atoms with Gasteiger partial charge in [0.15, 0.2) is 11.5 Å². The van der Waals surface area contributed by atoms with E-state index in [4.69, 9.17) is 9.26 Å². The summed E-state index contributed by atoms with van der Waals surface area (Å²) in [6.07, 6.45) is 2.44. The third-order valence-electron chi connectivity index (χ3n) is 5.00. The molecule has 0 saturated carbocycles. The number of piperidine rings is 1. The van der Waals surface area contributed by atoms with Crippen molar-refractivity contribution in [2.45, 2.75) is 51.6 Å². The van der Waals surface area contributed by atoms with Crippen LogP contribution in [0, 0.1) is 0 Å². The second-order valence-corrected chi connectivity index (χ2v) is 7.04. The number of nitrogens with zero attached hydrogens (tertiary/aromatic N) is 4. The van der Waals surface area contributed by atoms with Crippen molar-refractivity contribution in [2.24, 2.45) is 0 Å². The van der Waals surface area contributed by atoms with E-state index in [1.54, 1.807) is 0 Å². The molecule has 8 heteroatoms. The van der Waals surface area contributed by atoms with Crippen LogP contribution in [-0.2, 0) is 17.8 Å². The molecule has 8 nitrogen and oxygen atoms in total. The first-order valence-electron chi connectivity index (χ1n) is 8.90. The fraction of sp³-hybridized carbons (Fsp3) is 0.647. The third kappa shape index (κ3) is 3.06. The van der Waals surface area contributed by atoms with Crippen LogP contribution in [0.15, 0.2) is 4.52 Å². The van der Waals surface area contributed by atoms with Gasteiger partial charge in [-0.25, -0.2) is 0 Å². The van der Waals surface area contributed by atoms with E-state index in [1.807, 2.05) is 18.7 Å². The van der Waals surface area contributed by atoms with Crippen LogP contribution in [0.4, 0.5) is 0 Å². The van der Waals surface area contributed by atoms with Crippen LogP contribution < -0.4 is 0 Å². The molecule has 1 amide bonds. The highest BCUT2D eigenvalue weighted by Gasteiger charge is 2.31. The molecule has 4 heterocycles. The highest BCUT2D eigenvalue weighted by atomic mass is 16.5. The van der Waals surface area contributed by atoms with Gasteiger partial charge in [-0.2, -0.15) is 10.1 Å². The minimum absolute atomic E-state index is 0.0187. The van der Waals surface area contributed by atoms with Crippen LogP contribution in [0.1, 0.15) is 72.0 Å². The zero-order valence-electron chi connectivity index (χ0n) is 14.6. The van der Waals surface area contributed by atoms with Crippen molar-refractivity contribution in [3.8, 4) is 0 Å². The van der Waals surface area contributed by atoms with Gasteiger partial charge in [0.05, 0.1) is 13.2 Å². The summed E-state index contributed by atoms with van der Waals surface area (Å²) in [4.78, 5) is 19.2. The second kappa shape index (κ2) is 6.59. The number of hydrogen-bond acceptors (Lipinski definition) is 6. The Balaban J connectivity index is 1.41. The Morgan fingerprint density at radius 3 is 2.84 bits per heavy atom. The van der Waals surface area contributed by atoms with E-state index in [2.05, 4.69) is 20.3 Å². The maximum Gasteiger partial charge on any atom is 0.274 e. The number of carbonyl (C=O) groups excluding carboxylic acids is 1. The van der Waals surface area contributed by atoms with E-state index in [0.717, 1.165) is 36.3 Å². The summed E-state index contributed by atoms with van der Waals surface area (Å²) < 4.78 is 10.9. The zero-order chi connectivity index (χ0) is 17.4. The molecular formula is C17H23N5O3. The molecule has 2 aromatic heterocycles. The molecule has 134 valence electrons. The van der Waals surface area contributed by atoms with Crippen LogP contribution >= 0.6 is 0 Å². The van der Waals surface area contributed by atoms with Gasteiger partial charge in [0.2, 0.25) is 5.89 Å². The molecule has 2 aromatic rings. The lowest BCUT2D eigenvalue weighted by atomic mass is 9.96. The predicted molar refractivity (Wildman–Crippen MR) is 88.2 cm³/mol. The molecule has 0 atom stereocenters. The van der Waals surface area contributed by atoms with Crippen molar-refractivity contribution in [3.05, 3.63) is 28.7 Å². The van der Waals surface area contributed by atoms with Gasteiger partial charge >= 0.3 is 0 Å². The average molecular weight is 345 g/mol. The summed E-state index contributed by atoms with van der Waals surface area (Å²) >= 11 is 0. The molecule has 4 rings (SSSR count). The Kier molecular flexibility index (Phi) is 4.29.